The highest BCUT2D eigenvalue weighted by atomic mass is 16.4. The Morgan fingerprint density at radius 1 is 1.09 bits per heavy atom. The van der Waals surface area contributed by atoms with Gasteiger partial charge in [-0.1, -0.05) is 6.07 Å². The Hall–Kier alpha value is -2.81. The molecule has 1 unspecified atom stereocenters. The van der Waals surface area contributed by atoms with E-state index in [4.69, 9.17) is 15.9 Å². The molecule has 0 spiro atoms. The maximum absolute atomic E-state index is 11.7. The Morgan fingerprint density at radius 3 is 2.26 bits per heavy atom. The summed E-state index contributed by atoms with van der Waals surface area (Å²) in [5.41, 5.74) is 5.66. The number of aliphatic carboxylic acids is 2. The zero-order chi connectivity index (χ0) is 17.6. The lowest BCUT2D eigenvalue weighted by Crippen LogP contribution is -2.43. The van der Waals surface area contributed by atoms with Crippen molar-refractivity contribution in [3.63, 3.8) is 0 Å². The fourth-order valence-corrected chi connectivity index (χ4v) is 1.81. The number of rotatable bonds is 8. The molecule has 9 nitrogen and oxygen atoms in total. The second-order valence-electron chi connectivity index (χ2n) is 4.97. The molecule has 0 saturated carbocycles. The number of carboxylic acid groups (broad SMARTS) is 2. The average molecular weight is 326 g/mol. The van der Waals surface area contributed by atoms with Crippen molar-refractivity contribution < 1.29 is 34.8 Å². The van der Waals surface area contributed by atoms with Crippen LogP contribution in [0.4, 0.5) is 0 Å². The smallest absolute Gasteiger partial charge is 0.326 e. The fourth-order valence-electron chi connectivity index (χ4n) is 1.81. The lowest BCUT2D eigenvalue weighted by Gasteiger charge is -2.15. The topological polar surface area (TPSA) is 170 Å². The number of nitrogens with one attached hydrogen (secondary N) is 1. The van der Waals surface area contributed by atoms with Gasteiger partial charge in [0.15, 0.2) is 11.5 Å². The Kier molecular flexibility index (Phi) is 6.34. The van der Waals surface area contributed by atoms with E-state index in [0.717, 1.165) is 0 Å². The van der Waals surface area contributed by atoms with Gasteiger partial charge in [-0.05, 0) is 24.1 Å². The monoisotopic (exact) mass is 326 g/mol. The molecule has 23 heavy (non-hydrogen) atoms. The molecule has 2 atom stereocenters. The molecule has 9 heteroatoms. The maximum Gasteiger partial charge on any atom is 0.326 e. The van der Waals surface area contributed by atoms with Gasteiger partial charge in [0.1, 0.15) is 12.1 Å². The summed E-state index contributed by atoms with van der Waals surface area (Å²) in [6.07, 6.45) is -0.453. The first-order chi connectivity index (χ1) is 10.7. The van der Waals surface area contributed by atoms with Crippen molar-refractivity contribution in [1.29, 1.82) is 0 Å². The SMILES string of the molecule is N[C@@H](CCC(=O)NC(Cc1ccc(O)c(O)c1)C(=O)O)C(=O)O. The molecule has 7 N–H and O–H groups in total. The molecule has 0 heterocycles. The first kappa shape index (κ1) is 18.2. The van der Waals surface area contributed by atoms with Crippen LogP contribution in [0.1, 0.15) is 18.4 Å². The van der Waals surface area contributed by atoms with Crippen LogP contribution in [0.15, 0.2) is 18.2 Å². The van der Waals surface area contributed by atoms with Crippen molar-refractivity contribution in [3.05, 3.63) is 23.8 Å². The summed E-state index contributed by atoms with van der Waals surface area (Å²) in [4.78, 5) is 33.4. The highest BCUT2D eigenvalue weighted by Gasteiger charge is 2.22. The number of hydrogen-bond acceptors (Lipinski definition) is 6. The molecule has 1 rings (SSSR count). The van der Waals surface area contributed by atoms with E-state index >= 15 is 0 Å². The molecule has 0 fully saturated rings. The Bertz CT molecular complexity index is 603. The van der Waals surface area contributed by atoms with Crippen LogP contribution in [-0.2, 0) is 20.8 Å². The number of aromatic hydroxyl groups is 2. The van der Waals surface area contributed by atoms with E-state index < -0.39 is 35.7 Å². The van der Waals surface area contributed by atoms with Gasteiger partial charge in [0.2, 0.25) is 5.91 Å². The van der Waals surface area contributed by atoms with E-state index in [-0.39, 0.29) is 25.0 Å². The Morgan fingerprint density at radius 2 is 1.74 bits per heavy atom. The molecule has 0 radical (unpaired) electrons. The van der Waals surface area contributed by atoms with Gasteiger partial charge in [0.25, 0.3) is 0 Å². The van der Waals surface area contributed by atoms with Crippen LogP contribution in [0.2, 0.25) is 0 Å². The fraction of sp³-hybridized carbons (Fsp3) is 0.357. The largest absolute Gasteiger partial charge is 0.504 e. The highest BCUT2D eigenvalue weighted by Crippen LogP contribution is 2.25. The lowest BCUT2D eigenvalue weighted by atomic mass is 10.0. The zero-order valence-corrected chi connectivity index (χ0v) is 12.1. The van der Waals surface area contributed by atoms with Crippen molar-refractivity contribution in [2.75, 3.05) is 0 Å². The number of carbonyl (C=O) groups is 3. The van der Waals surface area contributed by atoms with Crippen molar-refractivity contribution in [2.24, 2.45) is 5.73 Å². The summed E-state index contributed by atoms with van der Waals surface area (Å²) in [5.74, 6) is -3.91. The Labute approximate surface area is 131 Å². The van der Waals surface area contributed by atoms with Gasteiger partial charge >= 0.3 is 11.9 Å². The zero-order valence-electron chi connectivity index (χ0n) is 12.1. The molecule has 1 aromatic carbocycles. The Balaban J connectivity index is 2.64. The first-order valence-corrected chi connectivity index (χ1v) is 6.72. The summed E-state index contributed by atoms with van der Waals surface area (Å²) in [5, 5.41) is 38.6. The lowest BCUT2D eigenvalue weighted by molar-refractivity contribution is -0.142. The number of carboxylic acids is 2. The molecule has 1 aromatic rings. The van der Waals surface area contributed by atoms with E-state index in [1.807, 2.05) is 0 Å². The van der Waals surface area contributed by atoms with Crippen LogP contribution >= 0.6 is 0 Å². The summed E-state index contributed by atoms with van der Waals surface area (Å²) < 4.78 is 0. The van der Waals surface area contributed by atoms with Crippen molar-refractivity contribution >= 4 is 17.8 Å². The van der Waals surface area contributed by atoms with Gasteiger partial charge in [0, 0.05) is 12.8 Å². The van der Waals surface area contributed by atoms with Crippen LogP contribution in [0, 0.1) is 0 Å². The van der Waals surface area contributed by atoms with Crippen molar-refractivity contribution in [2.45, 2.75) is 31.3 Å². The average Bonchev–Trinajstić information content (AvgIpc) is 2.47. The van der Waals surface area contributed by atoms with Crippen molar-refractivity contribution in [1.82, 2.24) is 5.32 Å². The molecular formula is C14H18N2O7. The number of hydrogen-bond donors (Lipinski definition) is 6. The minimum absolute atomic E-state index is 0.111. The van der Waals surface area contributed by atoms with Gasteiger partial charge < -0.3 is 31.5 Å². The minimum Gasteiger partial charge on any atom is -0.504 e. The second kappa shape index (κ2) is 7.99. The first-order valence-electron chi connectivity index (χ1n) is 6.72. The van der Waals surface area contributed by atoms with E-state index in [1.54, 1.807) is 0 Å². The molecule has 0 aliphatic carbocycles. The predicted octanol–water partition coefficient (Wildman–Crippen LogP) is -0.598. The van der Waals surface area contributed by atoms with E-state index in [9.17, 15) is 24.6 Å². The standard InChI is InChI=1S/C14H18N2O7/c15-8(13(20)21)2-4-12(19)16-9(14(22)23)5-7-1-3-10(17)11(18)6-7/h1,3,6,8-9,17-18H,2,4-5,15H2,(H,16,19)(H,20,21)(H,22,23)/t8-,9?/m0/s1. The minimum atomic E-state index is -1.28. The van der Waals surface area contributed by atoms with Gasteiger partial charge in [-0.2, -0.15) is 0 Å². The van der Waals surface area contributed by atoms with Crippen LogP contribution in [-0.4, -0.2) is 50.4 Å². The number of phenolic OH excluding ortho intramolecular Hbond substituents is 2. The summed E-state index contributed by atoms with van der Waals surface area (Å²) >= 11 is 0. The summed E-state index contributed by atoms with van der Waals surface area (Å²) in [7, 11) is 0. The van der Waals surface area contributed by atoms with E-state index in [1.165, 1.54) is 18.2 Å². The molecule has 0 aliphatic rings. The predicted molar refractivity (Wildman–Crippen MR) is 77.9 cm³/mol. The summed E-state index contributed by atoms with van der Waals surface area (Å²) in [6.45, 7) is 0. The van der Waals surface area contributed by atoms with Crippen LogP contribution in [0.5, 0.6) is 11.5 Å². The third kappa shape index (κ3) is 5.83. The van der Waals surface area contributed by atoms with Gasteiger partial charge in [-0.3, -0.25) is 9.59 Å². The van der Waals surface area contributed by atoms with E-state index in [0.29, 0.717) is 5.56 Å². The summed E-state index contributed by atoms with van der Waals surface area (Å²) in [6, 6.07) is 1.36. The molecule has 1 amide bonds. The number of nitrogens with two attached hydrogens (primary N) is 1. The van der Waals surface area contributed by atoms with Crippen molar-refractivity contribution in [3.8, 4) is 11.5 Å². The molecule has 0 bridgehead atoms. The van der Waals surface area contributed by atoms with Gasteiger partial charge in [-0.15, -0.1) is 0 Å². The molecule has 0 aromatic heterocycles. The van der Waals surface area contributed by atoms with Crippen LogP contribution in [0.3, 0.4) is 0 Å². The molecule has 0 aliphatic heterocycles. The van der Waals surface area contributed by atoms with Gasteiger partial charge in [0.05, 0.1) is 0 Å². The molecule has 0 saturated heterocycles. The number of benzene rings is 1. The normalized spacial score (nSPS) is 13.1. The quantitative estimate of drug-likeness (QED) is 0.344. The third-order valence-corrected chi connectivity index (χ3v) is 3.11. The maximum atomic E-state index is 11.7. The van der Waals surface area contributed by atoms with E-state index in [2.05, 4.69) is 5.32 Å². The molecular weight excluding hydrogens is 308 g/mol. The number of carbonyl (C=O) groups excluding carboxylic acids is 1. The second-order valence-corrected chi connectivity index (χ2v) is 4.97. The third-order valence-electron chi connectivity index (χ3n) is 3.11. The number of amides is 1. The van der Waals surface area contributed by atoms with Crippen LogP contribution in [0.25, 0.3) is 0 Å². The highest BCUT2D eigenvalue weighted by molar-refractivity contribution is 5.84. The van der Waals surface area contributed by atoms with Crippen LogP contribution < -0.4 is 11.1 Å². The number of phenols is 2. The van der Waals surface area contributed by atoms with Gasteiger partial charge in [-0.25, -0.2) is 4.79 Å². The molecule has 126 valence electrons.